The molecule has 0 aliphatic heterocycles. The molecule has 10 aromatic carbocycles. The van der Waals surface area contributed by atoms with Crippen molar-refractivity contribution < 1.29 is 0 Å². The van der Waals surface area contributed by atoms with Gasteiger partial charge in [-0.15, -0.1) is 0 Å². The SMILES string of the molecule is N#Cc1cccc(-c2ccc3c4ccc(-c5cccc(C#N)c5)cc4n(-c4ccc(-c5cccc6c5c5ccccc5n6-c5ccccc5)cc4-c4nc(-c5ccccc5)nc(-c5ccccc5)n4)c3c2)c1. The minimum Gasteiger partial charge on any atom is -0.309 e. The van der Waals surface area contributed by atoms with Gasteiger partial charge < -0.3 is 9.13 Å². The summed E-state index contributed by atoms with van der Waals surface area (Å²) in [4.78, 5) is 15.9. The summed E-state index contributed by atoms with van der Waals surface area (Å²) < 4.78 is 4.68. The molecule has 0 saturated carbocycles. The zero-order valence-electron chi connectivity index (χ0n) is 38.6. The lowest BCUT2D eigenvalue weighted by Gasteiger charge is -2.17. The Morgan fingerprint density at radius 1 is 0.306 bits per heavy atom. The van der Waals surface area contributed by atoms with Gasteiger partial charge in [-0.2, -0.15) is 10.5 Å². The average Bonchev–Trinajstić information content (AvgIpc) is 3.98. The van der Waals surface area contributed by atoms with E-state index in [2.05, 4.69) is 149 Å². The van der Waals surface area contributed by atoms with Crippen LogP contribution in [0.1, 0.15) is 11.1 Å². The van der Waals surface area contributed by atoms with Crippen LogP contribution < -0.4 is 0 Å². The summed E-state index contributed by atoms with van der Waals surface area (Å²) in [6.07, 6.45) is 0. The summed E-state index contributed by atoms with van der Waals surface area (Å²) >= 11 is 0. The molecule has 0 N–H and O–H groups in total. The molecule has 0 aliphatic carbocycles. The second-order valence-corrected chi connectivity index (χ2v) is 17.8. The predicted octanol–water partition coefficient (Wildman–Crippen LogP) is 15.8. The Morgan fingerprint density at radius 3 is 1.39 bits per heavy atom. The number of nitrogens with zero attached hydrogens (tertiary/aromatic N) is 7. The van der Waals surface area contributed by atoms with Crippen LogP contribution in [0.3, 0.4) is 0 Å². The van der Waals surface area contributed by atoms with E-state index in [1.807, 2.05) is 109 Å². The van der Waals surface area contributed by atoms with Crippen molar-refractivity contribution in [3.05, 3.63) is 248 Å². The van der Waals surface area contributed by atoms with E-state index in [-0.39, 0.29) is 0 Å². The summed E-state index contributed by atoms with van der Waals surface area (Å²) in [5, 5.41) is 24.3. The van der Waals surface area contributed by atoms with Crippen molar-refractivity contribution in [2.75, 3.05) is 0 Å². The molecular formula is C65H39N7. The van der Waals surface area contributed by atoms with Crippen LogP contribution in [0.25, 0.3) is 123 Å². The zero-order chi connectivity index (χ0) is 48.1. The van der Waals surface area contributed by atoms with E-state index in [0.29, 0.717) is 28.6 Å². The van der Waals surface area contributed by atoms with Gasteiger partial charge in [0, 0.05) is 43.9 Å². The summed E-state index contributed by atoms with van der Waals surface area (Å²) in [6, 6.07) is 85.8. The van der Waals surface area contributed by atoms with E-state index in [1.54, 1.807) is 0 Å². The van der Waals surface area contributed by atoms with E-state index in [9.17, 15) is 10.5 Å². The maximum Gasteiger partial charge on any atom is 0.166 e. The first-order valence-corrected chi connectivity index (χ1v) is 23.8. The molecule has 7 heteroatoms. The molecule has 0 aliphatic rings. The molecule has 3 heterocycles. The molecule has 13 aromatic rings. The van der Waals surface area contributed by atoms with Gasteiger partial charge in [0.05, 0.1) is 51.0 Å². The minimum absolute atomic E-state index is 0.518. The van der Waals surface area contributed by atoms with E-state index >= 15 is 0 Å². The molecule has 0 fully saturated rings. The molecule has 0 unspecified atom stereocenters. The summed E-state index contributed by atoms with van der Waals surface area (Å²) in [6.45, 7) is 0. The van der Waals surface area contributed by atoms with Gasteiger partial charge in [0.15, 0.2) is 17.5 Å². The fraction of sp³-hybridized carbons (Fsp3) is 0. The van der Waals surface area contributed by atoms with Crippen molar-refractivity contribution in [1.82, 2.24) is 24.1 Å². The number of hydrogen-bond donors (Lipinski definition) is 0. The molecule has 334 valence electrons. The van der Waals surface area contributed by atoms with Gasteiger partial charge in [-0.05, 0) is 106 Å². The second-order valence-electron chi connectivity index (χ2n) is 17.8. The molecular weight excluding hydrogens is 879 g/mol. The number of nitriles is 2. The van der Waals surface area contributed by atoms with Crippen LogP contribution >= 0.6 is 0 Å². The number of hydrogen-bond acceptors (Lipinski definition) is 5. The van der Waals surface area contributed by atoms with Crippen molar-refractivity contribution in [2.45, 2.75) is 0 Å². The average molecular weight is 918 g/mol. The van der Waals surface area contributed by atoms with Crippen LogP contribution in [0.4, 0.5) is 0 Å². The molecule has 0 saturated heterocycles. The first-order chi connectivity index (χ1) is 35.6. The molecule has 0 spiro atoms. The molecule has 7 nitrogen and oxygen atoms in total. The third kappa shape index (κ3) is 7.17. The number of para-hydroxylation sites is 2. The Balaban J connectivity index is 1.14. The Kier molecular flexibility index (Phi) is 10.1. The van der Waals surface area contributed by atoms with Crippen molar-refractivity contribution in [3.8, 4) is 91.1 Å². The van der Waals surface area contributed by atoms with Crippen LogP contribution in [0.5, 0.6) is 0 Å². The maximum absolute atomic E-state index is 9.92. The van der Waals surface area contributed by atoms with Gasteiger partial charge in [-0.25, -0.2) is 15.0 Å². The molecule has 0 bridgehead atoms. The summed E-state index contributed by atoms with van der Waals surface area (Å²) in [7, 11) is 0. The van der Waals surface area contributed by atoms with E-state index in [0.717, 1.165) is 105 Å². The standard InChI is InChI=1S/C65H39N7/c66-40-42-15-12-21-46(35-42)48-29-32-53-54-33-30-49(47-22-13-16-43(36-47)41-67)39-61(54)72(60(53)38-48)58-34-31-50(52-26-14-28-59-62(52)55-25-10-11-27-57(55)71(59)51-23-8-3-9-24-51)37-56(58)65-69-63(44-17-4-1-5-18-44)68-64(70-65)45-19-6-2-7-20-45/h1-39H. The quantitative estimate of drug-likeness (QED) is 0.151. The first kappa shape index (κ1) is 41.9. The highest BCUT2D eigenvalue weighted by atomic mass is 15.1. The van der Waals surface area contributed by atoms with E-state index in [4.69, 9.17) is 15.0 Å². The Morgan fingerprint density at radius 2 is 0.792 bits per heavy atom. The summed E-state index contributed by atoms with van der Waals surface area (Å²) in [5.74, 6) is 1.64. The number of rotatable bonds is 8. The molecule has 13 rings (SSSR count). The minimum atomic E-state index is 0.518. The third-order valence-electron chi connectivity index (χ3n) is 13.6. The lowest BCUT2D eigenvalue weighted by Crippen LogP contribution is -2.04. The van der Waals surface area contributed by atoms with Crippen LogP contribution in [-0.2, 0) is 0 Å². The number of fused-ring (bicyclic) bond motifs is 6. The highest BCUT2D eigenvalue weighted by molar-refractivity contribution is 6.16. The molecule has 3 aromatic heterocycles. The lowest BCUT2D eigenvalue weighted by atomic mass is 9.96. The second kappa shape index (κ2) is 17.4. The fourth-order valence-corrected chi connectivity index (χ4v) is 10.3. The van der Waals surface area contributed by atoms with Gasteiger partial charge in [0.25, 0.3) is 0 Å². The van der Waals surface area contributed by atoms with Crippen LogP contribution in [0.15, 0.2) is 237 Å². The van der Waals surface area contributed by atoms with Crippen molar-refractivity contribution in [1.29, 1.82) is 10.5 Å². The van der Waals surface area contributed by atoms with Crippen molar-refractivity contribution in [2.24, 2.45) is 0 Å². The normalized spacial score (nSPS) is 11.3. The molecule has 0 radical (unpaired) electrons. The highest BCUT2D eigenvalue weighted by Crippen LogP contribution is 2.44. The van der Waals surface area contributed by atoms with Gasteiger partial charge in [0.1, 0.15) is 0 Å². The van der Waals surface area contributed by atoms with Gasteiger partial charge in [0.2, 0.25) is 0 Å². The topological polar surface area (TPSA) is 96.1 Å². The largest absolute Gasteiger partial charge is 0.309 e. The Bertz CT molecular complexity index is 4180. The molecule has 0 amide bonds. The van der Waals surface area contributed by atoms with Crippen molar-refractivity contribution >= 4 is 43.6 Å². The first-order valence-electron chi connectivity index (χ1n) is 23.8. The number of benzene rings is 10. The van der Waals surface area contributed by atoms with Crippen LogP contribution in [0, 0.1) is 22.7 Å². The van der Waals surface area contributed by atoms with E-state index < -0.39 is 0 Å². The molecule has 72 heavy (non-hydrogen) atoms. The monoisotopic (exact) mass is 917 g/mol. The third-order valence-corrected chi connectivity index (χ3v) is 13.6. The fourth-order valence-electron chi connectivity index (χ4n) is 10.3. The summed E-state index contributed by atoms with van der Waals surface area (Å²) in [5.41, 5.74) is 15.8. The van der Waals surface area contributed by atoms with Gasteiger partial charge >= 0.3 is 0 Å². The van der Waals surface area contributed by atoms with Crippen LogP contribution in [-0.4, -0.2) is 24.1 Å². The Labute approximate surface area is 415 Å². The van der Waals surface area contributed by atoms with E-state index in [1.165, 1.54) is 0 Å². The Hall–Kier alpha value is -10.2. The van der Waals surface area contributed by atoms with Gasteiger partial charge in [-0.3, -0.25) is 0 Å². The van der Waals surface area contributed by atoms with Crippen molar-refractivity contribution in [3.63, 3.8) is 0 Å². The smallest absolute Gasteiger partial charge is 0.166 e. The van der Waals surface area contributed by atoms with Gasteiger partial charge in [-0.1, -0.05) is 164 Å². The zero-order valence-corrected chi connectivity index (χ0v) is 38.6. The highest BCUT2D eigenvalue weighted by Gasteiger charge is 2.23. The van der Waals surface area contributed by atoms with Crippen LogP contribution in [0.2, 0.25) is 0 Å². The predicted molar refractivity (Wildman–Crippen MR) is 291 cm³/mol. The lowest BCUT2D eigenvalue weighted by molar-refractivity contribution is 1.06. The number of aromatic nitrogens is 5. The maximum atomic E-state index is 9.92. The molecule has 0 atom stereocenters.